The molecule has 4 nitrogen and oxygen atoms in total. The van der Waals surface area contributed by atoms with E-state index >= 15 is 0 Å². The summed E-state index contributed by atoms with van der Waals surface area (Å²) >= 11 is 5.88. The lowest BCUT2D eigenvalue weighted by atomic mass is 9.88. The van der Waals surface area contributed by atoms with Crippen LogP contribution in [0.4, 0.5) is 0 Å². The molecule has 2 N–H and O–H groups in total. The third-order valence-corrected chi connectivity index (χ3v) is 4.66. The lowest BCUT2D eigenvalue weighted by molar-refractivity contribution is -0.121. The van der Waals surface area contributed by atoms with E-state index in [9.17, 15) is 9.59 Å². The van der Waals surface area contributed by atoms with Crippen molar-refractivity contribution < 1.29 is 9.59 Å². The molecule has 3 rings (SSSR count). The first-order chi connectivity index (χ1) is 12.1. The Balaban J connectivity index is 1.48. The Bertz CT molecular complexity index is 776. The number of hydrogen-bond donors (Lipinski definition) is 2. The first kappa shape index (κ1) is 17.5. The third-order valence-electron chi connectivity index (χ3n) is 4.43. The van der Waals surface area contributed by atoms with E-state index < -0.39 is 0 Å². The van der Waals surface area contributed by atoms with Crippen molar-refractivity contribution in [1.29, 1.82) is 0 Å². The van der Waals surface area contributed by atoms with Crippen LogP contribution in [-0.2, 0) is 11.2 Å². The van der Waals surface area contributed by atoms with Gasteiger partial charge in [0.1, 0.15) is 0 Å². The average Bonchev–Trinajstić information content (AvgIpc) is 2.62. The molecule has 0 saturated carbocycles. The van der Waals surface area contributed by atoms with Gasteiger partial charge in [0.2, 0.25) is 5.91 Å². The molecule has 5 heteroatoms. The number of carbonyl (C=O) groups is 2. The molecule has 0 aromatic heterocycles. The summed E-state index contributed by atoms with van der Waals surface area (Å²) in [5.41, 5.74) is 3.02. The Labute approximate surface area is 152 Å². The number of hydrogen-bond acceptors (Lipinski definition) is 2. The normalized spacial score (nSPS) is 16.0. The molecule has 0 radical (unpaired) electrons. The van der Waals surface area contributed by atoms with Crippen LogP contribution in [0.5, 0.6) is 0 Å². The van der Waals surface area contributed by atoms with Gasteiger partial charge in [0, 0.05) is 23.6 Å². The summed E-state index contributed by atoms with van der Waals surface area (Å²) < 4.78 is 0. The van der Waals surface area contributed by atoms with E-state index in [0.29, 0.717) is 17.1 Å². The number of amides is 2. The van der Waals surface area contributed by atoms with Crippen LogP contribution in [0.2, 0.25) is 5.02 Å². The Morgan fingerprint density at radius 2 is 1.96 bits per heavy atom. The fourth-order valence-electron chi connectivity index (χ4n) is 3.19. The van der Waals surface area contributed by atoms with Crippen LogP contribution in [0, 0.1) is 0 Å². The topological polar surface area (TPSA) is 58.2 Å². The summed E-state index contributed by atoms with van der Waals surface area (Å²) in [6.07, 6.45) is 3.36. The highest BCUT2D eigenvalue weighted by Crippen LogP contribution is 2.29. The van der Waals surface area contributed by atoms with Crippen LogP contribution in [0.1, 0.15) is 46.8 Å². The van der Waals surface area contributed by atoms with E-state index in [4.69, 9.17) is 11.6 Å². The quantitative estimate of drug-likeness (QED) is 0.859. The predicted molar refractivity (Wildman–Crippen MR) is 98.7 cm³/mol. The average molecular weight is 357 g/mol. The van der Waals surface area contributed by atoms with Crippen LogP contribution in [-0.4, -0.2) is 18.4 Å². The van der Waals surface area contributed by atoms with Gasteiger partial charge in [-0.25, -0.2) is 0 Å². The van der Waals surface area contributed by atoms with Gasteiger partial charge in [0.25, 0.3) is 5.91 Å². The Kier molecular flexibility index (Phi) is 5.71. The molecule has 2 aromatic carbocycles. The monoisotopic (exact) mass is 356 g/mol. The summed E-state index contributed by atoms with van der Waals surface area (Å²) in [5.74, 6) is -0.272. The van der Waals surface area contributed by atoms with Crippen molar-refractivity contribution >= 4 is 23.4 Å². The largest absolute Gasteiger partial charge is 0.352 e. The van der Waals surface area contributed by atoms with Gasteiger partial charge in [0.05, 0.1) is 6.04 Å². The van der Waals surface area contributed by atoms with Crippen LogP contribution < -0.4 is 10.6 Å². The first-order valence-electron chi connectivity index (χ1n) is 8.54. The van der Waals surface area contributed by atoms with Crippen molar-refractivity contribution in [3.05, 3.63) is 70.2 Å². The van der Waals surface area contributed by atoms with Crippen LogP contribution in [0.3, 0.4) is 0 Å². The highest BCUT2D eigenvalue weighted by molar-refractivity contribution is 6.30. The summed E-state index contributed by atoms with van der Waals surface area (Å²) in [4.78, 5) is 24.2. The molecule has 0 fully saturated rings. The first-order valence-corrected chi connectivity index (χ1v) is 8.92. The molecule has 0 saturated heterocycles. The van der Waals surface area contributed by atoms with E-state index in [1.54, 1.807) is 24.3 Å². The number of halogens is 1. The second-order valence-corrected chi connectivity index (χ2v) is 6.66. The van der Waals surface area contributed by atoms with Gasteiger partial charge in [-0.3, -0.25) is 9.59 Å². The molecule has 0 unspecified atom stereocenters. The van der Waals surface area contributed by atoms with E-state index in [1.807, 2.05) is 12.1 Å². The zero-order valence-corrected chi connectivity index (χ0v) is 14.7. The van der Waals surface area contributed by atoms with Crippen LogP contribution >= 0.6 is 11.6 Å². The molecule has 1 aliphatic carbocycles. The molecule has 2 amide bonds. The maximum absolute atomic E-state index is 12.2. The highest BCUT2D eigenvalue weighted by Gasteiger charge is 2.21. The fraction of sp³-hybridized carbons (Fsp3) is 0.300. The van der Waals surface area contributed by atoms with Crippen molar-refractivity contribution in [2.24, 2.45) is 0 Å². The Morgan fingerprint density at radius 1 is 1.12 bits per heavy atom. The molecule has 0 aliphatic heterocycles. The second kappa shape index (κ2) is 8.17. The van der Waals surface area contributed by atoms with E-state index in [0.717, 1.165) is 19.3 Å². The van der Waals surface area contributed by atoms with E-state index in [1.165, 1.54) is 11.1 Å². The van der Waals surface area contributed by atoms with Crippen molar-refractivity contribution in [2.75, 3.05) is 6.54 Å². The molecule has 1 atom stereocenters. The zero-order valence-electron chi connectivity index (χ0n) is 13.9. The molecular formula is C20H21ClN2O2. The highest BCUT2D eigenvalue weighted by atomic mass is 35.5. The summed E-state index contributed by atoms with van der Waals surface area (Å²) in [6, 6.07) is 15.1. The van der Waals surface area contributed by atoms with Gasteiger partial charge in [-0.15, -0.1) is 0 Å². The molecule has 2 aromatic rings. The zero-order chi connectivity index (χ0) is 17.6. The predicted octanol–water partition coefficient (Wildman–Crippen LogP) is 3.65. The van der Waals surface area contributed by atoms with Gasteiger partial charge in [-0.2, -0.15) is 0 Å². The van der Waals surface area contributed by atoms with Crippen molar-refractivity contribution in [3.8, 4) is 0 Å². The molecule has 0 bridgehead atoms. The number of nitrogens with one attached hydrogen (secondary N) is 2. The van der Waals surface area contributed by atoms with Crippen LogP contribution in [0.25, 0.3) is 0 Å². The van der Waals surface area contributed by atoms with Gasteiger partial charge in [-0.1, -0.05) is 41.9 Å². The second-order valence-electron chi connectivity index (χ2n) is 6.23. The van der Waals surface area contributed by atoms with E-state index in [-0.39, 0.29) is 24.3 Å². The number of benzene rings is 2. The summed E-state index contributed by atoms with van der Waals surface area (Å²) in [6.45, 7) is 0.297. The Hall–Kier alpha value is -2.33. The van der Waals surface area contributed by atoms with Crippen LogP contribution in [0.15, 0.2) is 48.5 Å². The third kappa shape index (κ3) is 4.60. The van der Waals surface area contributed by atoms with Gasteiger partial charge in [0.15, 0.2) is 0 Å². The van der Waals surface area contributed by atoms with Gasteiger partial charge < -0.3 is 10.6 Å². The number of fused-ring (bicyclic) bond motifs is 1. The molecule has 130 valence electrons. The minimum absolute atomic E-state index is 0.0481. The number of rotatable bonds is 5. The smallest absolute Gasteiger partial charge is 0.251 e. The van der Waals surface area contributed by atoms with E-state index in [2.05, 4.69) is 22.8 Å². The lowest BCUT2D eigenvalue weighted by Gasteiger charge is -2.26. The Morgan fingerprint density at radius 3 is 2.80 bits per heavy atom. The minimum atomic E-state index is -0.224. The summed E-state index contributed by atoms with van der Waals surface area (Å²) in [5, 5.41) is 6.36. The van der Waals surface area contributed by atoms with Crippen molar-refractivity contribution in [3.63, 3.8) is 0 Å². The van der Waals surface area contributed by atoms with Crippen molar-refractivity contribution in [1.82, 2.24) is 10.6 Å². The molecule has 1 aliphatic rings. The van der Waals surface area contributed by atoms with Gasteiger partial charge in [-0.05, 0) is 48.6 Å². The molecular weight excluding hydrogens is 336 g/mol. The fourth-order valence-corrected chi connectivity index (χ4v) is 3.38. The minimum Gasteiger partial charge on any atom is -0.352 e. The lowest BCUT2D eigenvalue weighted by Crippen LogP contribution is -2.34. The molecule has 0 spiro atoms. The summed E-state index contributed by atoms with van der Waals surface area (Å²) in [7, 11) is 0. The number of carbonyl (C=O) groups excluding carboxylic acids is 2. The molecule has 0 heterocycles. The standard InChI is InChI=1S/C20H21ClN2O2/c21-16-8-3-7-15(13-16)20(25)22-12-11-19(24)23-18-10-4-6-14-5-1-2-9-17(14)18/h1-3,5,7-9,13,18H,4,6,10-12H2,(H,22,25)(H,23,24)/t18-/m1/s1. The number of aryl methyl sites for hydroxylation is 1. The SMILES string of the molecule is O=C(CCNC(=O)c1cccc(Cl)c1)N[C@@H]1CCCc2ccccc21. The maximum Gasteiger partial charge on any atom is 0.251 e. The molecule has 25 heavy (non-hydrogen) atoms. The van der Waals surface area contributed by atoms with Gasteiger partial charge >= 0.3 is 0 Å². The maximum atomic E-state index is 12.2. The van der Waals surface area contributed by atoms with Crippen molar-refractivity contribution in [2.45, 2.75) is 31.7 Å².